The number of methoxy groups -OCH3 is 2. The lowest BCUT2D eigenvalue weighted by atomic mass is 9.74. The molecule has 2 aromatic rings. The van der Waals surface area contributed by atoms with Gasteiger partial charge in [-0.1, -0.05) is 33.8 Å². The van der Waals surface area contributed by atoms with Crippen LogP contribution in [0.3, 0.4) is 0 Å². The van der Waals surface area contributed by atoms with E-state index in [4.69, 9.17) is 37.3 Å². The van der Waals surface area contributed by atoms with Crippen LogP contribution in [0.2, 0.25) is 0 Å². The summed E-state index contributed by atoms with van der Waals surface area (Å²) in [6, 6.07) is 4.96. The van der Waals surface area contributed by atoms with Crippen molar-refractivity contribution in [3.8, 4) is 0 Å². The monoisotopic (exact) mass is 1130 g/mol. The van der Waals surface area contributed by atoms with Crippen LogP contribution in [-0.4, -0.2) is 202 Å². The first-order chi connectivity index (χ1) is 36.3. The number of ketones is 1. The number of benzene rings is 1. The number of carbonyl (C=O) groups is 3. The summed E-state index contributed by atoms with van der Waals surface area (Å²) in [7, 11) is 5.85. The summed E-state index contributed by atoms with van der Waals surface area (Å²) in [6.07, 6.45) is -8.19. The highest BCUT2D eigenvalue weighted by atomic mass is 32.2. The van der Waals surface area contributed by atoms with Gasteiger partial charge in [0.1, 0.15) is 35.3 Å². The van der Waals surface area contributed by atoms with Crippen molar-refractivity contribution in [2.45, 2.75) is 192 Å². The van der Waals surface area contributed by atoms with Crippen LogP contribution in [0.25, 0.3) is 10.9 Å². The van der Waals surface area contributed by atoms with Crippen LogP contribution in [0.5, 0.6) is 0 Å². The number of cyclic esters (lactones) is 1. The normalized spacial score (nSPS) is 36.8. The number of hydrogen-bond donors (Lipinski definition) is 5. The minimum absolute atomic E-state index is 0.0295. The smallest absolute Gasteiger partial charge is 0.341 e. The molecule has 0 spiro atoms. The average molecular weight is 1130 g/mol. The third-order valence-electron chi connectivity index (χ3n) is 16.5. The Morgan fingerprint density at radius 3 is 2.13 bits per heavy atom. The van der Waals surface area contributed by atoms with E-state index in [2.05, 4.69) is 5.32 Å². The van der Waals surface area contributed by atoms with E-state index in [1.165, 1.54) is 34.3 Å². The molecule has 3 aliphatic rings. The summed E-state index contributed by atoms with van der Waals surface area (Å²) in [4.78, 5) is 55.6. The van der Waals surface area contributed by atoms with Crippen molar-refractivity contribution < 1.29 is 80.6 Å². The maximum absolute atomic E-state index is 14.6. The molecule has 0 bridgehead atoms. The molecular weight excluding hydrogens is 1040 g/mol. The topological polar surface area (TPSA) is 281 Å². The van der Waals surface area contributed by atoms with Crippen molar-refractivity contribution >= 4 is 38.7 Å². The van der Waals surface area contributed by atoms with E-state index >= 15 is 0 Å². The number of nitrogens with one attached hydrogen (secondary N) is 1. The zero-order valence-electron chi connectivity index (χ0n) is 48.6. The quantitative estimate of drug-likeness (QED) is 0.0767. The van der Waals surface area contributed by atoms with Crippen molar-refractivity contribution in [3.05, 3.63) is 45.7 Å². The van der Waals surface area contributed by atoms with Gasteiger partial charge in [-0.3, -0.25) is 23.2 Å². The van der Waals surface area contributed by atoms with Gasteiger partial charge < -0.3 is 68.8 Å². The van der Waals surface area contributed by atoms with Crippen molar-refractivity contribution in [1.29, 1.82) is 0 Å². The zero-order valence-corrected chi connectivity index (χ0v) is 49.4. The molecule has 3 fully saturated rings. The molecule has 0 amide bonds. The average Bonchev–Trinajstić information content (AvgIpc) is 3.39. The summed E-state index contributed by atoms with van der Waals surface area (Å²) in [5.74, 6) is -6.76. The van der Waals surface area contributed by atoms with E-state index in [-0.39, 0.29) is 54.7 Å². The largest absolute Gasteiger partial charge is 0.477 e. The Morgan fingerprint density at radius 2 is 1.54 bits per heavy atom. The highest BCUT2D eigenvalue weighted by Gasteiger charge is 2.55. The van der Waals surface area contributed by atoms with Gasteiger partial charge in [-0.25, -0.2) is 4.79 Å². The molecule has 1 aromatic carbocycles. The fraction of sp³-hybridized carbons (Fsp3) is 0.782. The first-order valence-electron chi connectivity index (χ1n) is 27.2. The van der Waals surface area contributed by atoms with Gasteiger partial charge in [0.15, 0.2) is 12.6 Å². The highest BCUT2D eigenvalue weighted by Crippen LogP contribution is 2.42. The maximum atomic E-state index is 14.6. The van der Waals surface area contributed by atoms with E-state index in [1.54, 1.807) is 84.4 Å². The standard InChI is InChI=1S/C55H90N4O18S/c1-17-41-55(10,67)47(63)32(4)43(60)30(2)27-53(8,70-15)48(76-52-45(62)40(57(11)12)25-31(3)72-52)33(5)46(34(6)51(66)74-41)75-42-28-54(9,71-16)49(35(7)73-42)77-78(68,69)24-23-56-22-18-19-36-20-21-39-37(26-36)44(61)38(50(64)65)29-59(39)58(13)14/h20-21,26,29-35,40-42,45-49,52,56,62-63,67H,17-19,22-25,27-28H2,1-16H3,(H,64,65)/t30-,31-,32+,33+,34-,35+,40+,41-,42+,45-,46+,47-,48-,49+,52+,53-,54-,55-/m1/s1. The molecule has 0 radical (unpaired) electrons. The predicted molar refractivity (Wildman–Crippen MR) is 290 cm³/mol. The Hall–Kier alpha value is -3.69. The van der Waals surface area contributed by atoms with Gasteiger partial charge in [-0.05, 0) is 112 Å². The highest BCUT2D eigenvalue weighted by molar-refractivity contribution is 7.86. The predicted octanol–water partition coefficient (Wildman–Crippen LogP) is 3.23. The summed E-state index contributed by atoms with van der Waals surface area (Å²) in [6.45, 7) is 17.0. The number of aromatic nitrogens is 1. The number of aliphatic hydroxyl groups excluding tert-OH is 2. The second kappa shape index (κ2) is 26.5. The molecule has 3 aliphatic heterocycles. The van der Waals surface area contributed by atoms with Gasteiger partial charge in [-0.15, -0.1) is 0 Å². The fourth-order valence-electron chi connectivity index (χ4n) is 11.7. The van der Waals surface area contributed by atoms with Crippen LogP contribution in [0.1, 0.15) is 117 Å². The number of carboxylic acids is 1. The first kappa shape index (κ1) is 65.1. The van der Waals surface area contributed by atoms with Gasteiger partial charge in [0, 0.05) is 76.7 Å². The van der Waals surface area contributed by atoms with Crippen molar-refractivity contribution in [3.63, 3.8) is 0 Å². The number of ether oxygens (including phenoxy) is 7. The van der Waals surface area contributed by atoms with Crippen LogP contribution in [0, 0.1) is 23.7 Å². The number of fused-ring (bicyclic) bond motifs is 1. The van der Waals surface area contributed by atoms with Gasteiger partial charge in [0.05, 0.1) is 58.9 Å². The second-order valence-corrected chi connectivity index (χ2v) is 24.8. The number of Topliss-reactive ketones (excluding diaryl/α,β-unsaturated/α-hetero) is 1. The van der Waals surface area contributed by atoms with Crippen LogP contribution >= 0.6 is 0 Å². The van der Waals surface area contributed by atoms with Crippen molar-refractivity contribution in [2.24, 2.45) is 23.7 Å². The first-order valence-corrected chi connectivity index (χ1v) is 28.8. The Balaban J connectivity index is 1.37. The molecule has 444 valence electrons. The number of rotatable bonds is 19. The van der Waals surface area contributed by atoms with Crippen LogP contribution in [0.15, 0.2) is 29.2 Å². The van der Waals surface area contributed by atoms with Crippen LogP contribution in [-0.2, 0) is 63.5 Å². The number of likely N-dealkylation sites (N-methyl/N-ethyl adjacent to an activating group) is 1. The number of aromatic carboxylic acids is 1. The molecule has 23 heteroatoms. The number of nitrogens with zero attached hydrogens (tertiary/aromatic N) is 3. The van der Waals surface area contributed by atoms with E-state index < -0.39 is 129 Å². The summed E-state index contributed by atoms with van der Waals surface area (Å²) < 4.78 is 79.8. The molecule has 5 rings (SSSR count). The number of carboxylic acid groups (broad SMARTS) is 1. The number of hydrogen-bond acceptors (Lipinski definition) is 20. The number of aliphatic hydroxyl groups is 3. The number of pyridine rings is 1. The van der Waals surface area contributed by atoms with Crippen molar-refractivity contribution in [2.75, 3.05) is 66.3 Å². The lowest BCUT2D eigenvalue weighted by Gasteiger charge is -2.50. The molecule has 0 unspecified atom stereocenters. The molecule has 0 aliphatic carbocycles. The van der Waals surface area contributed by atoms with Gasteiger partial charge in [0.25, 0.3) is 10.1 Å². The van der Waals surface area contributed by atoms with E-state index in [1.807, 2.05) is 32.0 Å². The molecule has 5 N–H and O–H groups in total. The SMILES string of the molecule is CC[C@H]1OC(=O)[C@H](C)[C@@H](O[C@H]2C[C@@](C)(OC)[C@@H](OS(=O)(=O)CCNCCCc3ccc4c(c3)c(=O)c(C(=O)O)cn4N(C)C)[C@H](C)O2)[C@H](C)[C@@H](O[C@@H]2O[C@H](C)C[C@H](N(C)C)[C@H]2O)[C@](C)(OC)C[C@@H](C)C(=O)[C@H](C)[C@@H](O)[C@]1(C)O. The van der Waals surface area contributed by atoms with E-state index in [0.29, 0.717) is 31.3 Å². The third kappa shape index (κ3) is 14.7. The maximum Gasteiger partial charge on any atom is 0.341 e. The molecular formula is C55H90N4O18S. The lowest BCUT2D eigenvalue weighted by molar-refractivity contribution is -0.317. The second-order valence-electron chi connectivity index (χ2n) is 23.0. The Bertz CT molecular complexity index is 2550. The lowest BCUT2D eigenvalue weighted by Crippen LogP contribution is -2.62. The Morgan fingerprint density at radius 1 is 0.897 bits per heavy atom. The third-order valence-corrected chi connectivity index (χ3v) is 17.7. The van der Waals surface area contributed by atoms with Gasteiger partial charge >= 0.3 is 11.9 Å². The number of aryl methyl sites for hydroxylation is 1. The Labute approximate surface area is 460 Å². The molecule has 4 heterocycles. The summed E-state index contributed by atoms with van der Waals surface area (Å²) >= 11 is 0. The van der Waals surface area contributed by atoms with Crippen molar-refractivity contribution in [1.82, 2.24) is 14.9 Å². The van der Waals surface area contributed by atoms with E-state index in [0.717, 1.165) is 5.56 Å². The Kier molecular flexibility index (Phi) is 22.1. The molecule has 22 nitrogen and oxygen atoms in total. The summed E-state index contributed by atoms with van der Waals surface area (Å²) in [5.41, 5.74) is -4.32. The van der Waals surface area contributed by atoms with E-state index in [9.17, 15) is 48.0 Å². The fourth-order valence-corrected chi connectivity index (χ4v) is 12.9. The molecule has 3 saturated heterocycles. The minimum atomic E-state index is -4.21. The number of esters is 1. The van der Waals surface area contributed by atoms with Gasteiger partial charge in [0.2, 0.25) is 5.43 Å². The minimum Gasteiger partial charge on any atom is -0.477 e. The summed E-state index contributed by atoms with van der Waals surface area (Å²) in [5, 5.41) is 50.0. The van der Waals surface area contributed by atoms with Crippen LogP contribution < -0.4 is 15.8 Å². The zero-order chi connectivity index (χ0) is 58.6. The van der Waals surface area contributed by atoms with Gasteiger partial charge in [-0.2, -0.15) is 8.42 Å². The molecule has 18 atom stereocenters. The molecule has 0 saturated carbocycles. The molecule has 1 aromatic heterocycles. The van der Waals surface area contributed by atoms with Crippen LogP contribution in [0.4, 0.5) is 0 Å². The molecule has 78 heavy (non-hydrogen) atoms. The number of carbonyl (C=O) groups excluding carboxylic acids is 2.